The topological polar surface area (TPSA) is 120 Å². The van der Waals surface area contributed by atoms with E-state index in [2.05, 4.69) is 4.98 Å². The van der Waals surface area contributed by atoms with Gasteiger partial charge in [0.25, 0.3) is 0 Å². The van der Waals surface area contributed by atoms with Crippen LogP contribution in [0.15, 0.2) is 11.0 Å². The number of aliphatic hydroxyl groups excluding tert-OH is 2. The van der Waals surface area contributed by atoms with Crippen LogP contribution < -0.4 is 11.4 Å². The van der Waals surface area contributed by atoms with Crippen LogP contribution >= 0.6 is 0 Å². The minimum atomic E-state index is -1.02. The van der Waals surface area contributed by atoms with E-state index in [1.807, 2.05) is 0 Å². The molecule has 1 aliphatic rings. The molecule has 4 N–H and O–H groups in total. The van der Waals surface area contributed by atoms with E-state index in [-0.39, 0.29) is 12.4 Å². The monoisotopic (exact) mass is 271 g/mol. The Morgan fingerprint density at radius 3 is 2.89 bits per heavy atom. The summed E-state index contributed by atoms with van der Waals surface area (Å²) >= 11 is 0. The number of nitrogens with two attached hydrogens (primary N) is 1. The summed E-state index contributed by atoms with van der Waals surface area (Å²) in [5, 5.41) is 19.0. The van der Waals surface area contributed by atoms with Gasteiger partial charge < -0.3 is 25.4 Å². The van der Waals surface area contributed by atoms with Crippen molar-refractivity contribution in [2.45, 2.75) is 31.5 Å². The molecule has 4 atom stereocenters. The van der Waals surface area contributed by atoms with Gasteiger partial charge in [-0.2, -0.15) is 4.98 Å². The molecule has 8 nitrogen and oxygen atoms in total. The summed E-state index contributed by atoms with van der Waals surface area (Å²) < 4.78 is 11.8. The second kappa shape index (κ2) is 5.25. The highest BCUT2D eigenvalue weighted by Crippen LogP contribution is 2.30. The van der Waals surface area contributed by atoms with Crippen LogP contribution in [0.25, 0.3) is 0 Å². The molecule has 0 saturated carbocycles. The van der Waals surface area contributed by atoms with Crippen LogP contribution in [0.3, 0.4) is 0 Å². The molecule has 1 aromatic heterocycles. The predicted octanol–water partition coefficient (Wildman–Crippen LogP) is -1.60. The van der Waals surface area contributed by atoms with Crippen LogP contribution in [0.5, 0.6) is 0 Å². The quantitative estimate of drug-likeness (QED) is 0.605. The Morgan fingerprint density at radius 2 is 2.32 bits per heavy atom. The van der Waals surface area contributed by atoms with Crippen molar-refractivity contribution in [3.63, 3.8) is 0 Å². The highest BCUT2D eigenvalue weighted by atomic mass is 16.6. The Hall–Kier alpha value is -1.48. The third-order valence-corrected chi connectivity index (χ3v) is 3.21. The Balaban J connectivity index is 2.41. The van der Waals surface area contributed by atoms with Gasteiger partial charge in [-0.15, -0.1) is 0 Å². The molecule has 1 unspecified atom stereocenters. The van der Waals surface area contributed by atoms with Crippen molar-refractivity contribution in [3.8, 4) is 0 Å². The smallest absolute Gasteiger partial charge is 0.351 e. The van der Waals surface area contributed by atoms with Gasteiger partial charge in [-0.05, 0) is 6.92 Å². The van der Waals surface area contributed by atoms with E-state index >= 15 is 0 Å². The SMILES string of the molecule is COC1[C@@H](O)[C@@H](CO)O[C@H]1n1cc(C)c(N)nc1=O. The molecule has 1 fully saturated rings. The van der Waals surface area contributed by atoms with E-state index in [0.29, 0.717) is 5.56 Å². The zero-order chi connectivity index (χ0) is 14.2. The lowest BCUT2D eigenvalue weighted by Gasteiger charge is -2.20. The normalized spacial score (nSPS) is 30.7. The first-order chi connectivity index (χ1) is 8.99. The zero-order valence-electron chi connectivity index (χ0n) is 10.7. The van der Waals surface area contributed by atoms with Crippen LogP contribution in [0.1, 0.15) is 11.8 Å². The summed E-state index contributed by atoms with van der Waals surface area (Å²) in [6.07, 6.45) is -1.95. The largest absolute Gasteiger partial charge is 0.394 e. The van der Waals surface area contributed by atoms with Crippen molar-refractivity contribution in [3.05, 3.63) is 22.2 Å². The molecule has 8 heteroatoms. The van der Waals surface area contributed by atoms with E-state index in [9.17, 15) is 9.90 Å². The number of aliphatic hydroxyl groups is 2. The Morgan fingerprint density at radius 1 is 1.63 bits per heavy atom. The fourth-order valence-corrected chi connectivity index (χ4v) is 2.11. The number of anilines is 1. The van der Waals surface area contributed by atoms with Gasteiger partial charge in [0.05, 0.1) is 6.61 Å². The third-order valence-electron chi connectivity index (χ3n) is 3.21. The molecule has 1 saturated heterocycles. The molecule has 0 spiro atoms. The van der Waals surface area contributed by atoms with Crippen molar-refractivity contribution in [2.75, 3.05) is 19.5 Å². The summed E-state index contributed by atoms with van der Waals surface area (Å²) in [5.41, 5.74) is 5.56. The second-order valence-electron chi connectivity index (χ2n) is 4.44. The first kappa shape index (κ1) is 13.9. The van der Waals surface area contributed by atoms with Crippen molar-refractivity contribution < 1.29 is 19.7 Å². The first-order valence-electron chi connectivity index (χ1n) is 5.82. The Kier molecular flexibility index (Phi) is 3.85. The molecule has 2 heterocycles. The molecule has 0 aromatic carbocycles. The molecular formula is C11H17N3O5. The fourth-order valence-electron chi connectivity index (χ4n) is 2.11. The number of aryl methyl sites for hydroxylation is 1. The van der Waals surface area contributed by atoms with Gasteiger partial charge in [-0.25, -0.2) is 4.79 Å². The summed E-state index contributed by atoms with van der Waals surface area (Å²) in [6, 6.07) is 0. The maximum Gasteiger partial charge on any atom is 0.351 e. The lowest BCUT2D eigenvalue weighted by molar-refractivity contribution is -0.0625. The molecule has 0 radical (unpaired) electrons. The lowest BCUT2D eigenvalue weighted by atomic mass is 10.1. The van der Waals surface area contributed by atoms with Gasteiger partial charge in [0, 0.05) is 18.9 Å². The maximum atomic E-state index is 11.8. The summed E-state index contributed by atoms with van der Waals surface area (Å²) in [6.45, 7) is 1.34. The molecule has 106 valence electrons. The van der Waals surface area contributed by atoms with Crippen molar-refractivity contribution in [1.82, 2.24) is 9.55 Å². The molecule has 0 bridgehead atoms. The fraction of sp³-hybridized carbons (Fsp3) is 0.636. The molecule has 2 rings (SSSR count). The molecule has 19 heavy (non-hydrogen) atoms. The van der Waals surface area contributed by atoms with Gasteiger partial charge >= 0.3 is 5.69 Å². The second-order valence-corrected chi connectivity index (χ2v) is 4.44. The lowest BCUT2D eigenvalue weighted by Crippen LogP contribution is -2.37. The predicted molar refractivity (Wildman–Crippen MR) is 65.4 cm³/mol. The van der Waals surface area contributed by atoms with Gasteiger partial charge in [-0.1, -0.05) is 0 Å². The molecule has 1 aromatic rings. The number of ether oxygens (including phenoxy) is 2. The highest BCUT2D eigenvalue weighted by molar-refractivity contribution is 5.35. The number of aromatic nitrogens is 2. The first-order valence-corrected chi connectivity index (χ1v) is 5.82. The van der Waals surface area contributed by atoms with Crippen LogP contribution in [-0.2, 0) is 9.47 Å². The minimum absolute atomic E-state index is 0.146. The molecular weight excluding hydrogens is 254 g/mol. The number of nitrogen functional groups attached to an aromatic ring is 1. The number of rotatable bonds is 3. The average Bonchev–Trinajstić information content (AvgIpc) is 2.70. The average molecular weight is 271 g/mol. The van der Waals surface area contributed by atoms with Gasteiger partial charge in [0.1, 0.15) is 24.1 Å². The molecule has 0 aliphatic carbocycles. The Labute approximate surface area is 109 Å². The standard InChI is InChI=1S/C11H17N3O5/c1-5-3-14(11(17)13-9(5)12)10-8(18-2)7(16)6(4-15)19-10/h3,6-8,10,15-16H,4H2,1-2H3,(H2,12,13,17)/t6-,7+,8?,10-/m1/s1. The van der Waals surface area contributed by atoms with Crippen molar-refractivity contribution >= 4 is 5.82 Å². The van der Waals surface area contributed by atoms with Crippen molar-refractivity contribution in [2.24, 2.45) is 0 Å². The van der Waals surface area contributed by atoms with E-state index in [1.165, 1.54) is 17.9 Å². The summed E-state index contributed by atoms with van der Waals surface area (Å²) in [7, 11) is 1.40. The van der Waals surface area contributed by atoms with E-state index < -0.39 is 30.2 Å². The Bertz CT molecular complexity index is 518. The van der Waals surface area contributed by atoms with E-state index in [1.54, 1.807) is 6.92 Å². The summed E-state index contributed by atoms with van der Waals surface area (Å²) in [5.74, 6) is 0.146. The maximum absolute atomic E-state index is 11.8. The van der Waals surface area contributed by atoms with E-state index in [0.717, 1.165) is 0 Å². The minimum Gasteiger partial charge on any atom is -0.394 e. The number of nitrogens with zero attached hydrogens (tertiary/aromatic N) is 2. The van der Waals surface area contributed by atoms with Gasteiger partial charge in [0.2, 0.25) is 0 Å². The third kappa shape index (κ3) is 2.35. The van der Waals surface area contributed by atoms with Crippen LogP contribution in [0.2, 0.25) is 0 Å². The number of hydrogen-bond acceptors (Lipinski definition) is 7. The zero-order valence-corrected chi connectivity index (χ0v) is 10.7. The molecule has 0 amide bonds. The number of methoxy groups -OCH3 is 1. The van der Waals surface area contributed by atoms with Gasteiger partial charge in [-0.3, -0.25) is 4.57 Å². The van der Waals surface area contributed by atoms with Crippen LogP contribution in [0.4, 0.5) is 5.82 Å². The van der Waals surface area contributed by atoms with Gasteiger partial charge in [0.15, 0.2) is 6.23 Å². The molecule has 1 aliphatic heterocycles. The van der Waals surface area contributed by atoms with Crippen LogP contribution in [-0.4, -0.2) is 51.8 Å². The summed E-state index contributed by atoms with van der Waals surface area (Å²) in [4.78, 5) is 15.5. The highest BCUT2D eigenvalue weighted by Gasteiger charge is 2.45. The number of hydrogen-bond donors (Lipinski definition) is 3. The van der Waals surface area contributed by atoms with E-state index in [4.69, 9.17) is 20.3 Å². The van der Waals surface area contributed by atoms with Crippen LogP contribution in [0, 0.1) is 6.92 Å². The van der Waals surface area contributed by atoms with Crippen molar-refractivity contribution in [1.29, 1.82) is 0 Å².